The highest BCUT2D eigenvalue weighted by Gasteiger charge is 2.22. The quantitative estimate of drug-likeness (QED) is 0.643. The molecule has 0 aliphatic heterocycles. The van der Waals surface area contributed by atoms with Gasteiger partial charge in [-0.3, -0.25) is 19.7 Å². The lowest BCUT2D eigenvalue weighted by Crippen LogP contribution is -2.26. The Labute approximate surface area is 105 Å². The SMILES string of the molecule is Cc1cccc(C(=O)NOCC(C)C)c1[N+](=O)[O-]. The van der Waals surface area contributed by atoms with Gasteiger partial charge in [-0.05, 0) is 18.9 Å². The zero-order valence-electron chi connectivity index (χ0n) is 10.6. The number of para-hydroxylation sites is 1. The number of benzene rings is 1. The van der Waals surface area contributed by atoms with Crippen molar-refractivity contribution in [3.8, 4) is 0 Å². The van der Waals surface area contributed by atoms with Crippen LogP contribution in [0.1, 0.15) is 29.8 Å². The second-order valence-corrected chi connectivity index (χ2v) is 4.36. The standard InChI is InChI=1S/C12H16N2O4/c1-8(2)7-18-13-12(15)10-6-4-5-9(3)11(10)14(16)17/h4-6,8H,7H2,1-3H3,(H,13,15). The number of hydroxylamine groups is 1. The van der Waals surface area contributed by atoms with E-state index < -0.39 is 10.8 Å². The fourth-order valence-electron chi connectivity index (χ4n) is 1.41. The van der Waals surface area contributed by atoms with E-state index in [9.17, 15) is 14.9 Å². The zero-order chi connectivity index (χ0) is 13.7. The normalized spacial score (nSPS) is 10.4. The van der Waals surface area contributed by atoms with E-state index in [2.05, 4.69) is 5.48 Å². The summed E-state index contributed by atoms with van der Waals surface area (Å²) < 4.78 is 0. The molecular weight excluding hydrogens is 236 g/mol. The van der Waals surface area contributed by atoms with Gasteiger partial charge in [-0.2, -0.15) is 0 Å². The van der Waals surface area contributed by atoms with Gasteiger partial charge in [0.2, 0.25) is 0 Å². The van der Waals surface area contributed by atoms with Gasteiger partial charge in [0.25, 0.3) is 11.6 Å². The van der Waals surface area contributed by atoms with Gasteiger partial charge < -0.3 is 0 Å². The maximum atomic E-state index is 11.8. The molecule has 0 saturated heterocycles. The summed E-state index contributed by atoms with van der Waals surface area (Å²) >= 11 is 0. The Balaban J connectivity index is 2.86. The number of carbonyl (C=O) groups is 1. The van der Waals surface area contributed by atoms with Gasteiger partial charge in [-0.1, -0.05) is 26.0 Å². The zero-order valence-corrected chi connectivity index (χ0v) is 10.6. The molecule has 0 spiro atoms. The van der Waals surface area contributed by atoms with E-state index in [0.717, 1.165) is 0 Å². The summed E-state index contributed by atoms with van der Waals surface area (Å²) in [5.74, 6) is -0.344. The number of amides is 1. The van der Waals surface area contributed by atoms with Crippen LogP contribution >= 0.6 is 0 Å². The van der Waals surface area contributed by atoms with Crippen molar-refractivity contribution in [2.45, 2.75) is 20.8 Å². The molecule has 0 heterocycles. The van der Waals surface area contributed by atoms with E-state index in [0.29, 0.717) is 12.2 Å². The smallest absolute Gasteiger partial charge is 0.273 e. The number of aryl methyl sites for hydroxylation is 1. The van der Waals surface area contributed by atoms with Gasteiger partial charge in [0.1, 0.15) is 5.56 Å². The highest BCUT2D eigenvalue weighted by molar-refractivity contribution is 5.98. The molecule has 0 saturated carbocycles. The van der Waals surface area contributed by atoms with Gasteiger partial charge in [-0.15, -0.1) is 0 Å². The average molecular weight is 252 g/mol. The van der Waals surface area contributed by atoms with Crippen molar-refractivity contribution < 1.29 is 14.6 Å². The number of nitro benzene ring substituents is 1. The van der Waals surface area contributed by atoms with E-state index in [1.54, 1.807) is 19.1 Å². The highest BCUT2D eigenvalue weighted by Crippen LogP contribution is 2.22. The second-order valence-electron chi connectivity index (χ2n) is 4.36. The van der Waals surface area contributed by atoms with Crippen molar-refractivity contribution in [3.05, 3.63) is 39.4 Å². The first kappa shape index (κ1) is 14.1. The molecule has 0 bridgehead atoms. The van der Waals surface area contributed by atoms with Crippen LogP contribution in [0.15, 0.2) is 18.2 Å². The van der Waals surface area contributed by atoms with Crippen LogP contribution in [-0.2, 0) is 4.84 Å². The summed E-state index contributed by atoms with van der Waals surface area (Å²) in [4.78, 5) is 27.1. The van der Waals surface area contributed by atoms with E-state index in [1.165, 1.54) is 6.07 Å². The Morgan fingerprint density at radius 3 is 2.72 bits per heavy atom. The Morgan fingerprint density at radius 2 is 2.17 bits per heavy atom. The molecular formula is C12H16N2O4. The second kappa shape index (κ2) is 6.11. The minimum absolute atomic E-state index is 0.00348. The van der Waals surface area contributed by atoms with Crippen LogP contribution < -0.4 is 5.48 Å². The summed E-state index contributed by atoms with van der Waals surface area (Å²) in [5, 5.41) is 10.9. The third-order valence-corrected chi connectivity index (χ3v) is 2.25. The molecule has 1 rings (SSSR count). The van der Waals surface area contributed by atoms with Crippen molar-refractivity contribution in [3.63, 3.8) is 0 Å². The molecule has 0 aliphatic rings. The largest absolute Gasteiger partial charge is 0.285 e. The Bertz CT molecular complexity index is 457. The Hall–Kier alpha value is -1.95. The molecule has 1 amide bonds. The Morgan fingerprint density at radius 1 is 1.50 bits per heavy atom. The molecule has 0 radical (unpaired) electrons. The molecule has 1 N–H and O–H groups in total. The number of hydrogen-bond acceptors (Lipinski definition) is 4. The number of nitrogens with one attached hydrogen (secondary N) is 1. The lowest BCUT2D eigenvalue weighted by molar-refractivity contribution is -0.385. The molecule has 1 aromatic carbocycles. The maximum absolute atomic E-state index is 11.8. The van der Waals surface area contributed by atoms with Crippen LogP contribution in [0.2, 0.25) is 0 Å². The van der Waals surface area contributed by atoms with E-state index in [4.69, 9.17) is 4.84 Å². The minimum atomic E-state index is -0.606. The van der Waals surface area contributed by atoms with Gasteiger partial charge >= 0.3 is 0 Å². The van der Waals surface area contributed by atoms with E-state index in [-0.39, 0.29) is 17.2 Å². The van der Waals surface area contributed by atoms with Gasteiger partial charge in [0, 0.05) is 5.56 Å². The van der Waals surface area contributed by atoms with Crippen LogP contribution in [0.4, 0.5) is 5.69 Å². The van der Waals surface area contributed by atoms with Crippen molar-refractivity contribution in [1.82, 2.24) is 5.48 Å². The lowest BCUT2D eigenvalue weighted by atomic mass is 10.1. The number of nitrogens with zero attached hydrogens (tertiary/aromatic N) is 1. The first-order valence-corrected chi connectivity index (χ1v) is 5.59. The predicted octanol–water partition coefficient (Wildman–Crippen LogP) is 2.22. The summed E-state index contributed by atoms with van der Waals surface area (Å²) in [6.45, 7) is 5.80. The third-order valence-electron chi connectivity index (χ3n) is 2.25. The number of hydrogen-bond donors (Lipinski definition) is 1. The average Bonchev–Trinajstić information content (AvgIpc) is 2.27. The summed E-state index contributed by atoms with van der Waals surface area (Å²) in [6, 6.07) is 4.59. The maximum Gasteiger partial charge on any atom is 0.285 e. The van der Waals surface area contributed by atoms with E-state index >= 15 is 0 Å². The molecule has 6 heteroatoms. The minimum Gasteiger partial charge on any atom is -0.273 e. The van der Waals surface area contributed by atoms with Crippen molar-refractivity contribution >= 4 is 11.6 Å². The third kappa shape index (κ3) is 3.53. The fourth-order valence-corrected chi connectivity index (χ4v) is 1.41. The van der Waals surface area contributed by atoms with Crippen molar-refractivity contribution in [2.24, 2.45) is 5.92 Å². The van der Waals surface area contributed by atoms with Gasteiger partial charge in [-0.25, -0.2) is 5.48 Å². The molecule has 6 nitrogen and oxygen atoms in total. The molecule has 0 fully saturated rings. The molecule has 0 atom stereocenters. The first-order chi connectivity index (χ1) is 8.43. The van der Waals surface area contributed by atoms with Crippen molar-refractivity contribution in [2.75, 3.05) is 6.61 Å². The topological polar surface area (TPSA) is 81.5 Å². The highest BCUT2D eigenvalue weighted by atomic mass is 16.7. The molecule has 0 aromatic heterocycles. The molecule has 0 aliphatic carbocycles. The van der Waals surface area contributed by atoms with Gasteiger partial charge in [0.15, 0.2) is 0 Å². The monoisotopic (exact) mass is 252 g/mol. The van der Waals surface area contributed by atoms with Crippen LogP contribution in [-0.4, -0.2) is 17.4 Å². The van der Waals surface area contributed by atoms with Crippen LogP contribution in [0, 0.1) is 23.0 Å². The summed E-state index contributed by atoms with van der Waals surface area (Å²) in [5.41, 5.74) is 2.46. The Kier molecular flexibility index (Phi) is 4.79. The fraction of sp³-hybridized carbons (Fsp3) is 0.417. The first-order valence-electron chi connectivity index (χ1n) is 5.59. The molecule has 1 aromatic rings. The molecule has 98 valence electrons. The van der Waals surface area contributed by atoms with Crippen molar-refractivity contribution in [1.29, 1.82) is 0 Å². The summed E-state index contributed by atoms with van der Waals surface area (Å²) in [7, 11) is 0. The van der Waals surface area contributed by atoms with E-state index in [1.807, 2.05) is 13.8 Å². The molecule has 0 unspecified atom stereocenters. The predicted molar refractivity (Wildman–Crippen MR) is 66.1 cm³/mol. The number of nitro groups is 1. The van der Waals surface area contributed by atoms with Crippen LogP contribution in [0.25, 0.3) is 0 Å². The van der Waals surface area contributed by atoms with Crippen LogP contribution in [0.5, 0.6) is 0 Å². The number of rotatable bonds is 5. The lowest BCUT2D eigenvalue weighted by Gasteiger charge is -2.08. The summed E-state index contributed by atoms with van der Waals surface area (Å²) in [6.07, 6.45) is 0. The van der Waals surface area contributed by atoms with Gasteiger partial charge in [0.05, 0.1) is 11.5 Å². The molecule has 18 heavy (non-hydrogen) atoms. The van der Waals surface area contributed by atoms with Crippen LogP contribution in [0.3, 0.4) is 0 Å². The number of carbonyl (C=O) groups excluding carboxylic acids is 1.